The molecule has 1 unspecified atom stereocenters. The van der Waals surface area contributed by atoms with Gasteiger partial charge in [-0.2, -0.15) is 0 Å². The van der Waals surface area contributed by atoms with Crippen molar-refractivity contribution in [1.82, 2.24) is 9.38 Å². The van der Waals surface area contributed by atoms with Gasteiger partial charge in [-0.25, -0.2) is 4.98 Å². The Hall–Kier alpha value is -1.22. The van der Waals surface area contributed by atoms with E-state index in [-0.39, 0.29) is 0 Å². The zero-order valence-corrected chi connectivity index (χ0v) is 13.1. The second-order valence-electron chi connectivity index (χ2n) is 6.39. The number of alkyl halides is 1. The fourth-order valence-electron chi connectivity index (χ4n) is 4.28. The van der Waals surface area contributed by atoms with Crippen molar-refractivity contribution in [3.8, 4) is 0 Å². The second kappa shape index (κ2) is 5.53. The molecule has 2 aromatic rings. The number of hydrogen-bond donors (Lipinski definition) is 0. The average Bonchev–Trinajstić information content (AvgIpc) is 3.24. The van der Waals surface area contributed by atoms with Gasteiger partial charge in [0.25, 0.3) is 0 Å². The lowest BCUT2D eigenvalue weighted by Crippen LogP contribution is -2.35. The first-order valence-electron chi connectivity index (χ1n) is 8.17. The van der Waals surface area contributed by atoms with Gasteiger partial charge in [-0.15, -0.1) is 11.6 Å². The molecule has 2 fully saturated rings. The van der Waals surface area contributed by atoms with Crippen LogP contribution >= 0.6 is 11.6 Å². The van der Waals surface area contributed by atoms with Gasteiger partial charge < -0.3 is 9.30 Å². The van der Waals surface area contributed by atoms with Crippen LogP contribution in [-0.4, -0.2) is 22.0 Å². The molecule has 0 N–H and O–H groups in total. The Labute approximate surface area is 130 Å². The maximum atomic E-state index is 6.25. The Bertz CT molecular complexity index is 630. The number of hydrogen-bond acceptors (Lipinski definition) is 2. The zero-order chi connectivity index (χ0) is 14.2. The predicted octanol–water partition coefficient (Wildman–Crippen LogP) is 4.23. The van der Waals surface area contributed by atoms with Crippen molar-refractivity contribution in [2.75, 3.05) is 11.4 Å². The van der Waals surface area contributed by atoms with Crippen LogP contribution in [0.2, 0.25) is 0 Å². The molecule has 1 atom stereocenters. The molecule has 0 spiro atoms. The molecule has 4 rings (SSSR count). The van der Waals surface area contributed by atoms with E-state index < -0.39 is 0 Å². The number of halogens is 1. The molecule has 0 bridgehead atoms. The summed E-state index contributed by atoms with van der Waals surface area (Å²) in [5, 5.41) is 0. The summed E-state index contributed by atoms with van der Waals surface area (Å²) in [4.78, 5) is 7.45. The van der Waals surface area contributed by atoms with E-state index in [0.717, 1.165) is 29.6 Å². The number of aromatic nitrogens is 2. The molecular formula is C17H22ClN3. The van der Waals surface area contributed by atoms with E-state index >= 15 is 0 Å². The van der Waals surface area contributed by atoms with Gasteiger partial charge in [0, 0.05) is 18.8 Å². The molecule has 112 valence electrons. The van der Waals surface area contributed by atoms with Crippen LogP contribution < -0.4 is 4.90 Å². The summed E-state index contributed by atoms with van der Waals surface area (Å²) in [5.74, 6) is 2.51. The van der Waals surface area contributed by atoms with Gasteiger partial charge in [0.1, 0.15) is 5.65 Å². The largest absolute Gasteiger partial charge is 0.352 e. The molecular weight excluding hydrogens is 282 g/mol. The normalized spacial score (nSPS) is 23.5. The Kier molecular flexibility index (Phi) is 3.54. The van der Waals surface area contributed by atoms with Gasteiger partial charge in [-0.1, -0.05) is 18.9 Å². The van der Waals surface area contributed by atoms with E-state index in [0.29, 0.717) is 11.9 Å². The van der Waals surface area contributed by atoms with Gasteiger partial charge in [0.2, 0.25) is 0 Å². The van der Waals surface area contributed by atoms with Gasteiger partial charge in [0.05, 0.1) is 11.6 Å². The number of nitrogens with zero attached hydrogens (tertiary/aromatic N) is 3. The second-order valence-corrected chi connectivity index (χ2v) is 6.66. The number of fused-ring (bicyclic) bond motifs is 1. The molecule has 0 radical (unpaired) electrons. The van der Waals surface area contributed by atoms with Crippen molar-refractivity contribution in [3.63, 3.8) is 0 Å². The maximum Gasteiger partial charge on any atom is 0.152 e. The molecule has 1 saturated heterocycles. The summed E-state index contributed by atoms with van der Waals surface area (Å²) in [5.41, 5.74) is 2.16. The van der Waals surface area contributed by atoms with Gasteiger partial charge in [-0.3, -0.25) is 0 Å². The molecule has 1 aliphatic heterocycles. The third-order valence-electron chi connectivity index (χ3n) is 5.25. The van der Waals surface area contributed by atoms with E-state index in [2.05, 4.69) is 21.6 Å². The lowest BCUT2D eigenvalue weighted by molar-refractivity contribution is 0.429. The van der Waals surface area contributed by atoms with Crippen molar-refractivity contribution >= 4 is 23.1 Å². The standard InChI is InChI=1S/C17H22ClN3/c18-12-15-17(19-16-9-3-4-10-20(15)16)21-11-5-8-14(21)13-6-1-2-7-13/h3-4,9-10,13-14H,1-2,5-8,11-12H2. The zero-order valence-electron chi connectivity index (χ0n) is 12.3. The van der Waals surface area contributed by atoms with Crippen molar-refractivity contribution < 1.29 is 0 Å². The predicted molar refractivity (Wildman–Crippen MR) is 87.1 cm³/mol. The molecule has 2 aromatic heterocycles. The molecule has 3 nitrogen and oxygen atoms in total. The molecule has 0 aromatic carbocycles. The molecule has 4 heteroatoms. The van der Waals surface area contributed by atoms with Crippen LogP contribution in [0.1, 0.15) is 44.2 Å². The maximum absolute atomic E-state index is 6.25. The van der Waals surface area contributed by atoms with Crippen molar-refractivity contribution in [2.45, 2.75) is 50.4 Å². The molecule has 1 aliphatic carbocycles. The average molecular weight is 304 g/mol. The monoisotopic (exact) mass is 303 g/mol. The van der Waals surface area contributed by atoms with Crippen LogP contribution in [0.15, 0.2) is 24.4 Å². The van der Waals surface area contributed by atoms with E-state index in [1.165, 1.54) is 38.5 Å². The third kappa shape index (κ3) is 2.22. The molecule has 1 saturated carbocycles. The van der Waals surface area contributed by atoms with Gasteiger partial charge >= 0.3 is 0 Å². The summed E-state index contributed by atoms with van der Waals surface area (Å²) in [7, 11) is 0. The highest BCUT2D eigenvalue weighted by atomic mass is 35.5. The van der Waals surface area contributed by atoms with Gasteiger partial charge in [0.15, 0.2) is 5.82 Å². The minimum atomic E-state index is 0.522. The van der Waals surface area contributed by atoms with Crippen LogP contribution in [-0.2, 0) is 5.88 Å². The number of imidazole rings is 1. The number of pyridine rings is 1. The van der Waals surface area contributed by atoms with Crippen LogP contribution in [0.25, 0.3) is 5.65 Å². The lowest BCUT2D eigenvalue weighted by atomic mass is 9.96. The first-order valence-corrected chi connectivity index (χ1v) is 8.70. The summed E-state index contributed by atoms with van der Waals surface area (Å²) < 4.78 is 2.15. The third-order valence-corrected chi connectivity index (χ3v) is 5.50. The first kappa shape index (κ1) is 13.4. The molecule has 2 aliphatic rings. The molecule has 3 heterocycles. The van der Waals surface area contributed by atoms with E-state index in [4.69, 9.17) is 16.6 Å². The first-order chi connectivity index (χ1) is 10.4. The Morgan fingerprint density at radius 3 is 2.81 bits per heavy atom. The highest BCUT2D eigenvalue weighted by molar-refractivity contribution is 6.17. The van der Waals surface area contributed by atoms with E-state index in [1.807, 2.05) is 12.1 Å². The number of rotatable bonds is 3. The lowest BCUT2D eigenvalue weighted by Gasteiger charge is -2.30. The summed E-state index contributed by atoms with van der Waals surface area (Å²) in [6, 6.07) is 6.84. The minimum absolute atomic E-state index is 0.522. The van der Waals surface area contributed by atoms with Crippen molar-refractivity contribution in [1.29, 1.82) is 0 Å². The molecule has 21 heavy (non-hydrogen) atoms. The summed E-state index contributed by atoms with van der Waals surface area (Å²) in [6.07, 6.45) is 10.3. The van der Waals surface area contributed by atoms with Crippen molar-refractivity contribution in [2.24, 2.45) is 5.92 Å². The SMILES string of the molecule is ClCc1c(N2CCCC2C2CCCC2)nc2ccccn12. The summed E-state index contributed by atoms with van der Waals surface area (Å²) >= 11 is 6.25. The fraction of sp³-hybridized carbons (Fsp3) is 0.588. The summed E-state index contributed by atoms with van der Waals surface area (Å²) in [6.45, 7) is 1.13. The van der Waals surface area contributed by atoms with Crippen LogP contribution in [0.4, 0.5) is 5.82 Å². The van der Waals surface area contributed by atoms with Crippen molar-refractivity contribution in [3.05, 3.63) is 30.1 Å². The minimum Gasteiger partial charge on any atom is -0.352 e. The van der Waals surface area contributed by atoms with Gasteiger partial charge in [-0.05, 0) is 43.7 Å². The van der Waals surface area contributed by atoms with Crippen LogP contribution in [0, 0.1) is 5.92 Å². The Morgan fingerprint density at radius 2 is 2.00 bits per heavy atom. The van der Waals surface area contributed by atoms with Crippen LogP contribution in [0.5, 0.6) is 0 Å². The van der Waals surface area contributed by atoms with E-state index in [1.54, 1.807) is 0 Å². The Morgan fingerprint density at radius 1 is 1.14 bits per heavy atom. The quantitative estimate of drug-likeness (QED) is 0.791. The Balaban J connectivity index is 1.74. The fourth-order valence-corrected chi connectivity index (χ4v) is 4.52. The number of anilines is 1. The van der Waals surface area contributed by atoms with E-state index in [9.17, 15) is 0 Å². The topological polar surface area (TPSA) is 20.5 Å². The van der Waals surface area contributed by atoms with Crippen LogP contribution in [0.3, 0.4) is 0 Å². The molecule has 0 amide bonds. The highest BCUT2D eigenvalue weighted by Crippen LogP contribution is 2.38. The smallest absolute Gasteiger partial charge is 0.152 e. The highest BCUT2D eigenvalue weighted by Gasteiger charge is 2.35.